The second-order valence-electron chi connectivity index (χ2n) is 4.39. The highest BCUT2D eigenvalue weighted by molar-refractivity contribution is 9.09. The summed E-state index contributed by atoms with van der Waals surface area (Å²) in [4.78, 5) is -0.473. The van der Waals surface area contributed by atoms with E-state index in [9.17, 15) is 13.2 Å². The highest BCUT2D eigenvalue weighted by Crippen LogP contribution is 2.31. The minimum absolute atomic E-state index is 0.200. The smallest absolute Gasteiger partial charge is 0.128 e. The summed E-state index contributed by atoms with van der Waals surface area (Å²) in [5.41, 5.74) is 0.919. The van der Waals surface area contributed by atoms with Gasteiger partial charge in [0.2, 0.25) is 0 Å². The van der Waals surface area contributed by atoms with Gasteiger partial charge in [0.25, 0.3) is 0 Å². The fourth-order valence-electron chi connectivity index (χ4n) is 1.87. The van der Waals surface area contributed by atoms with Gasteiger partial charge in [-0.05, 0) is 42.7 Å². The standard InChI is InChI=1S/C15H12BrF3/c1-9-6-15(19)11(8-14(9)18)12(16)7-10-4-2-3-5-13(10)17/h2-6,8,12H,7H2,1H3. The van der Waals surface area contributed by atoms with Crippen LogP contribution in [0.5, 0.6) is 0 Å². The summed E-state index contributed by atoms with van der Waals surface area (Å²) in [7, 11) is 0. The Morgan fingerprint density at radius 2 is 1.68 bits per heavy atom. The summed E-state index contributed by atoms with van der Waals surface area (Å²) in [6, 6.07) is 8.59. The Bertz CT molecular complexity index is 596. The maximum atomic E-state index is 13.8. The number of benzene rings is 2. The average Bonchev–Trinajstić information content (AvgIpc) is 2.36. The minimum Gasteiger partial charge on any atom is -0.207 e. The third kappa shape index (κ3) is 3.18. The molecule has 19 heavy (non-hydrogen) atoms. The van der Waals surface area contributed by atoms with E-state index >= 15 is 0 Å². The maximum Gasteiger partial charge on any atom is 0.128 e. The van der Waals surface area contributed by atoms with Gasteiger partial charge in [0.1, 0.15) is 17.5 Å². The van der Waals surface area contributed by atoms with Crippen LogP contribution >= 0.6 is 15.9 Å². The molecule has 0 N–H and O–H groups in total. The molecule has 0 amide bonds. The van der Waals surface area contributed by atoms with Crippen molar-refractivity contribution in [3.05, 3.63) is 70.5 Å². The Hall–Kier alpha value is -1.29. The first kappa shape index (κ1) is 14.1. The highest BCUT2D eigenvalue weighted by atomic mass is 79.9. The number of alkyl halides is 1. The van der Waals surface area contributed by atoms with Crippen molar-refractivity contribution >= 4 is 15.9 Å². The topological polar surface area (TPSA) is 0 Å². The Morgan fingerprint density at radius 1 is 1.00 bits per heavy atom. The quantitative estimate of drug-likeness (QED) is 0.688. The molecule has 0 aliphatic carbocycles. The average molecular weight is 329 g/mol. The largest absolute Gasteiger partial charge is 0.207 e. The number of aryl methyl sites for hydroxylation is 1. The van der Waals surface area contributed by atoms with Crippen molar-refractivity contribution in [3.8, 4) is 0 Å². The molecule has 0 aliphatic rings. The van der Waals surface area contributed by atoms with Crippen LogP contribution in [0.4, 0.5) is 13.2 Å². The van der Waals surface area contributed by atoms with Gasteiger partial charge < -0.3 is 0 Å². The zero-order chi connectivity index (χ0) is 14.0. The lowest BCUT2D eigenvalue weighted by atomic mass is 10.0. The fraction of sp³-hybridized carbons (Fsp3) is 0.200. The summed E-state index contributed by atoms with van der Waals surface area (Å²) >= 11 is 3.29. The molecule has 2 aromatic carbocycles. The molecule has 0 aliphatic heterocycles. The van der Waals surface area contributed by atoms with Crippen molar-refractivity contribution in [2.45, 2.75) is 18.2 Å². The third-order valence-electron chi connectivity index (χ3n) is 2.97. The minimum atomic E-state index is -0.489. The summed E-state index contributed by atoms with van der Waals surface area (Å²) in [5.74, 6) is -1.30. The van der Waals surface area contributed by atoms with Crippen LogP contribution in [-0.4, -0.2) is 0 Å². The van der Waals surface area contributed by atoms with Gasteiger partial charge in [0.15, 0.2) is 0 Å². The second kappa shape index (κ2) is 5.78. The van der Waals surface area contributed by atoms with E-state index in [0.29, 0.717) is 5.56 Å². The molecule has 0 saturated carbocycles. The first-order chi connectivity index (χ1) is 8.99. The maximum absolute atomic E-state index is 13.8. The summed E-state index contributed by atoms with van der Waals surface area (Å²) in [6.07, 6.45) is 0.256. The van der Waals surface area contributed by atoms with Gasteiger partial charge >= 0.3 is 0 Å². The predicted molar refractivity (Wildman–Crippen MR) is 72.9 cm³/mol. The molecule has 4 heteroatoms. The number of rotatable bonds is 3. The zero-order valence-corrected chi connectivity index (χ0v) is 11.8. The van der Waals surface area contributed by atoms with Crippen molar-refractivity contribution in [2.75, 3.05) is 0 Å². The van der Waals surface area contributed by atoms with Crippen LogP contribution in [0.1, 0.15) is 21.5 Å². The summed E-state index contributed by atoms with van der Waals surface area (Å²) < 4.78 is 40.8. The predicted octanol–water partition coefficient (Wildman–Crippen LogP) is 5.09. The normalized spacial score (nSPS) is 12.5. The molecular weight excluding hydrogens is 317 g/mol. The van der Waals surface area contributed by atoms with Crippen LogP contribution in [-0.2, 0) is 6.42 Å². The second-order valence-corrected chi connectivity index (χ2v) is 5.49. The molecular formula is C15H12BrF3. The van der Waals surface area contributed by atoms with Gasteiger partial charge in [-0.15, -0.1) is 0 Å². The molecule has 100 valence electrons. The van der Waals surface area contributed by atoms with E-state index in [0.717, 1.165) is 12.1 Å². The molecule has 0 heterocycles. The monoisotopic (exact) mass is 328 g/mol. The van der Waals surface area contributed by atoms with E-state index in [-0.39, 0.29) is 23.4 Å². The molecule has 2 rings (SSSR count). The molecule has 1 unspecified atom stereocenters. The van der Waals surface area contributed by atoms with Gasteiger partial charge in [0.05, 0.1) is 0 Å². The van der Waals surface area contributed by atoms with E-state index < -0.39 is 16.5 Å². The summed E-state index contributed by atoms with van der Waals surface area (Å²) in [5, 5.41) is 0. The lowest BCUT2D eigenvalue weighted by Crippen LogP contribution is -2.02. The molecule has 0 nitrogen and oxygen atoms in total. The third-order valence-corrected chi connectivity index (χ3v) is 3.79. The van der Waals surface area contributed by atoms with Crippen LogP contribution in [0.25, 0.3) is 0 Å². The Labute approximate surface area is 118 Å². The Balaban J connectivity index is 2.28. The van der Waals surface area contributed by atoms with Gasteiger partial charge in [-0.2, -0.15) is 0 Å². The first-order valence-corrected chi connectivity index (χ1v) is 6.73. The van der Waals surface area contributed by atoms with Crippen LogP contribution in [0.2, 0.25) is 0 Å². The first-order valence-electron chi connectivity index (χ1n) is 5.82. The van der Waals surface area contributed by atoms with E-state index in [1.807, 2.05) is 0 Å². The van der Waals surface area contributed by atoms with Crippen LogP contribution in [0.15, 0.2) is 36.4 Å². The number of halogens is 4. The van der Waals surface area contributed by atoms with Crippen LogP contribution in [0, 0.1) is 24.4 Å². The van der Waals surface area contributed by atoms with Gasteiger partial charge in [-0.1, -0.05) is 34.1 Å². The molecule has 2 aromatic rings. The van der Waals surface area contributed by atoms with E-state index in [1.165, 1.54) is 13.0 Å². The van der Waals surface area contributed by atoms with Crippen LogP contribution < -0.4 is 0 Å². The Kier molecular flexibility index (Phi) is 4.30. The molecule has 1 atom stereocenters. The number of hydrogen-bond acceptors (Lipinski definition) is 0. The van der Waals surface area contributed by atoms with Crippen molar-refractivity contribution < 1.29 is 13.2 Å². The molecule has 0 fully saturated rings. The molecule has 0 aromatic heterocycles. The van der Waals surface area contributed by atoms with Gasteiger partial charge in [0, 0.05) is 10.4 Å². The van der Waals surface area contributed by atoms with Crippen molar-refractivity contribution in [3.63, 3.8) is 0 Å². The number of hydrogen-bond donors (Lipinski definition) is 0. The van der Waals surface area contributed by atoms with Crippen molar-refractivity contribution in [1.82, 2.24) is 0 Å². The molecule has 0 saturated heterocycles. The zero-order valence-electron chi connectivity index (χ0n) is 10.3. The van der Waals surface area contributed by atoms with Crippen molar-refractivity contribution in [1.29, 1.82) is 0 Å². The summed E-state index contributed by atoms with van der Waals surface area (Å²) in [6.45, 7) is 1.50. The van der Waals surface area contributed by atoms with Crippen LogP contribution in [0.3, 0.4) is 0 Å². The van der Waals surface area contributed by atoms with Crippen molar-refractivity contribution in [2.24, 2.45) is 0 Å². The highest BCUT2D eigenvalue weighted by Gasteiger charge is 2.17. The van der Waals surface area contributed by atoms with E-state index in [2.05, 4.69) is 15.9 Å². The lowest BCUT2D eigenvalue weighted by Gasteiger charge is -2.13. The Morgan fingerprint density at radius 3 is 2.37 bits per heavy atom. The van der Waals surface area contributed by atoms with Gasteiger partial charge in [-0.3, -0.25) is 0 Å². The molecule has 0 bridgehead atoms. The van der Waals surface area contributed by atoms with E-state index in [4.69, 9.17) is 0 Å². The fourth-order valence-corrected chi connectivity index (χ4v) is 2.57. The van der Waals surface area contributed by atoms with E-state index in [1.54, 1.807) is 18.2 Å². The molecule has 0 spiro atoms. The molecule has 0 radical (unpaired) electrons. The van der Waals surface area contributed by atoms with Gasteiger partial charge in [-0.25, -0.2) is 13.2 Å². The lowest BCUT2D eigenvalue weighted by molar-refractivity contribution is 0.573. The SMILES string of the molecule is Cc1cc(F)c(C(Br)Cc2ccccc2F)cc1F.